The number of ether oxygens (including phenoxy) is 1. The molecule has 0 aliphatic rings. The van der Waals surface area contributed by atoms with Crippen molar-refractivity contribution in [2.45, 2.75) is 0 Å². The normalized spacial score (nSPS) is 10.7. The van der Waals surface area contributed by atoms with Gasteiger partial charge in [-0.3, -0.25) is 10.1 Å². The van der Waals surface area contributed by atoms with E-state index in [2.05, 4.69) is 10.3 Å². The molecule has 0 spiro atoms. The average Bonchev–Trinajstić information content (AvgIpc) is 2.70. The number of nitrogens with two attached hydrogens (primary N) is 1. The Morgan fingerprint density at radius 3 is 3.17 bits per heavy atom. The number of nitrogens with zero attached hydrogens (tertiary/aromatic N) is 1. The Kier molecular flexibility index (Phi) is 4.08. The molecule has 2 rings (SSSR count). The Balaban J connectivity index is 2.01. The number of aliphatic hydroxyl groups is 1. The van der Waals surface area contributed by atoms with Gasteiger partial charge in [0.05, 0.1) is 23.4 Å². The van der Waals surface area contributed by atoms with Crippen LogP contribution in [0.4, 0.5) is 10.8 Å². The first-order valence-corrected chi connectivity index (χ1v) is 6.15. The van der Waals surface area contributed by atoms with Gasteiger partial charge < -0.3 is 15.6 Å². The molecule has 96 valence electrons. The summed E-state index contributed by atoms with van der Waals surface area (Å²) in [7, 11) is 0. The topological polar surface area (TPSA) is 97.5 Å². The fourth-order valence-corrected chi connectivity index (χ4v) is 2.31. The summed E-state index contributed by atoms with van der Waals surface area (Å²) in [4.78, 5) is 15.7. The Hall–Kier alpha value is -1.70. The molecule has 2 aromatic rings. The number of hydrogen-bond donors (Lipinski definition) is 3. The van der Waals surface area contributed by atoms with Gasteiger partial charge >= 0.3 is 0 Å². The molecule has 1 aromatic heterocycles. The fraction of sp³-hybridized carbons (Fsp3) is 0.273. The average molecular weight is 267 g/mol. The third kappa shape index (κ3) is 3.16. The van der Waals surface area contributed by atoms with Crippen LogP contribution in [0.15, 0.2) is 18.2 Å². The maximum Gasteiger partial charge on any atom is 0.252 e. The molecule has 7 heteroatoms. The van der Waals surface area contributed by atoms with Crippen molar-refractivity contribution in [1.82, 2.24) is 4.98 Å². The molecule has 4 N–H and O–H groups in total. The highest BCUT2D eigenvalue weighted by Gasteiger charge is 2.07. The van der Waals surface area contributed by atoms with E-state index in [1.165, 1.54) is 11.3 Å². The minimum absolute atomic E-state index is 0.0986. The standard InChI is InChI=1S/C11H13N3O3S/c12-7-1-2-8-9(5-7)18-11(13-8)14-10(16)6-17-4-3-15/h1-2,5,15H,3-4,6,12H2,(H,13,14,16). The summed E-state index contributed by atoms with van der Waals surface area (Å²) in [5.41, 5.74) is 7.12. The van der Waals surface area contributed by atoms with Crippen LogP contribution in [-0.4, -0.2) is 35.8 Å². The van der Waals surface area contributed by atoms with Crippen LogP contribution < -0.4 is 11.1 Å². The molecule has 1 amide bonds. The van der Waals surface area contributed by atoms with E-state index in [1.807, 2.05) is 6.07 Å². The Morgan fingerprint density at radius 1 is 1.56 bits per heavy atom. The zero-order valence-electron chi connectivity index (χ0n) is 9.55. The number of carbonyl (C=O) groups is 1. The summed E-state index contributed by atoms with van der Waals surface area (Å²) in [6, 6.07) is 5.38. The molecule has 6 nitrogen and oxygen atoms in total. The van der Waals surface area contributed by atoms with Gasteiger partial charge in [0.2, 0.25) is 0 Å². The third-order valence-electron chi connectivity index (χ3n) is 2.13. The summed E-state index contributed by atoms with van der Waals surface area (Å²) in [6.45, 7) is -0.0594. The molecule has 1 heterocycles. The molecular formula is C11H13N3O3S. The van der Waals surface area contributed by atoms with Gasteiger partial charge in [-0.05, 0) is 18.2 Å². The predicted molar refractivity (Wildman–Crippen MR) is 70.6 cm³/mol. The Bertz CT molecular complexity index is 555. The van der Waals surface area contributed by atoms with Crippen LogP contribution >= 0.6 is 11.3 Å². The van der Waals surface area contributed by atoms with Crippen molar-refractivity contribution in [2.75, 3.05) is 30.9 Å². The first kappa shape index (κ1) is 12.7. The third-order valence-corrected chi connectivity index (χ3v) is 3.06. The van der Waals surface area contributed by atoms with Crippen LogP contribution in [0.3, 0.4) is 0 Å². The molecular weight excluding hydrogens is 254 g/mol. The number of nitrogen functional groups attached to an aromatic ring is 1. The van der Waals surface area contributed by atoms with Crippen LogP contribution in [-0.2, 0) is 9.53 Å². The summed E-state index contributed by atoms with van der Waals surface area (Å²) in [6.07, 6.45) is 0. The highest BCUT2D eigenvalue weighted by molar-refractivity contribution is 7.22. The quantitative estimate of drug-likeness (QED) is 0.550. The maximum absolute atomic E-state index is 11.5. The SMILES string of the molecule is Nc1ccc2nc(NC(=O)COCCO)sc2c1. The fourth-order valence-electron chi connectivity index (χ4n) is 1.38. The van der Waals surface area contributed by atoms with Crippen molar-refractivity contribution < 1.29 is 14.6 Å². The van der Waals surface area contributed by atoms with Crippen LogP contribution in [0.1, 0.15) is 0 Å². The molecule has 0 bridgehead atoms. The molecule has 0 unspecified atom stereocenters. The minimum atomic E-state index is -0.296. The molecule has 0 radical (unpaired) electrons. The highest BCUT2D eigenvalue weighted by Crippen LogP contribution is 2.27. The lowest BCUT2D eigenvalue weighted by Crippen LogP contribution is -2.19. The van der Waals surface area contributed by atoms with E-state index in [1.54, 1.807) is 12.1 Å². The van der Waals surface area contributed by atoms with Gasteiger partial charge in [0, 0.05) is 5.69 Å². The lowest BCUT2D eigenvalue weighted by atomic mass is 10.3. The molecule has 0 saturated heterocycles. The number of rotatable bonds is 5. The number of aromatic nitrogens is 1. The lowest BCUT2D eigenvalue weighted by Gasteiger charge is -2.01. The highest BCUT2D eigenvalue weighted by atomic mass is 32.1. The van der Waals surface area contributed by atoms with Gasteiger partial charge in [-0.15, -0.1) is 0 Å². The number of nitrogens with one attached hydrogen (secondary N) is 1. The van der Waals surface area contributed by atoms with Crippen molar-refractivity contribution >= 4 is 38.3 Å². The van der Waals surface area contributed by atoms with E-state index in [9.17, 15) is 4.79 Å². The molecule has 0 atom stereocenters. The smallest absolute Gasteiger partial charge is 0.252 e. The van der Waals surface area contributed by atoms with Gasteiger partial charge in [-0.25, -0.2) is 4.98 Å². The van der Waals surface area contributed by atoms with E-state index < -0.39 is 0 Å². The maximum atomic E-state index is 11.5. The van der Waals surface area contributed by atoms with Crippen LogP contribution in [0.25, 0.3) is 10.2 Å². The van der Waals surface area contributed by atoms with Gasteiger partial charge in [-0.2, -0.15) is 0 Å². The Labute approximate surface area is 107 Å². The van der Waals surface area contributed by atoms with Gasteiger partial charge in [-0.1, -0.05) is 11.3 Å². The second kappa shape index (κ2) is 5.76. The van der Waals surface area contributed by atoms with Crippen molar-refractivity contribution in [3.05, 3.63) is 18.2 Å². The first-order valence-electron chi connectivity index (χ1n) is 5.33. The van der Waals surface area contributed by atoms with Gasteiger partial charge in [0.15, 0.2) is 5.13 Å². The van der Waals surface area contributed by atoms with Crippen molar-refractivity contribution in [1.29, 1.82) is 0 Å². The molecule has 0 aliphatic heterocycles. The lowest BCUT2D eigenvalue weighted by molar-refractivity contribution is -0.120. The molecule has 0 aliphatic carbocycles. The van der Waals surface area contributed by atoms with Gasteiger partial charge in [0.25, 0.3) is 5.91 Å². The minimum Gasteiger partial charge on any atom is -0.399 e. The first-order chi connectivity index (χ1) is 8.69. The summed E-state index contributed by atoms with van der Waals surface area (Å²) >= 11 is 1.35. The van der Waals surface area contributed by atoms with Gasteiger partial charge in [0.1, 0.15) is 6.61 Å². The second-order valence-electron chi connectivity index (χ2n) is 3.57. The number of amides is 1. The summed E-state index contributed by atoms with van der Waals surface area (Å²) in [5, 5.41) is 11.6. The van der Waals surface area contributed by atoms with E-state index in [4.69, 9.17) is 15.6 Å². The summed E-state index contributed by atoms with van der Waals surface area (Å²) in [5.74, 6) is -0.296. The molecule has 0 saturated carbocycles. The largest absolute Gasteiger partial charge is 0.399 e. The number of aliphatic hydroxyl groups excluding tert-OH is 1. The van der Waals surface area contributed by atoms with E-state index in [0.29, 0.717) is 10.8 Å². The van der Waals surface area contributed by atoms with E-state index in [-0.39, 0.29) is 25.7 Å². The number of benzene rings is 1. The second-order valence-corrected chi connectivity index (χ2v) is 4.60. The van der Waals surface area contributed by atoms with E-state index in [0.717, 1.165) is 10.2 Å². The van der Waals surface area contributed by atoms with Crippen molar-refractivity contribution in [3.63, 3.8) is 0 Å². The van der Waals surface area contributed by atoms with Crippen LogP contribution in [0, 0.1) is 0 Å². The number of hydrogen-bond acceptors (Lipinski definition) is 6. The predicted octanol–water partition coefficient (Wildman–Crippen LogP) is 0.826. The monoisotopic (exact) mass is 267 g/mol. The molecule has 1 aromatic carbocycles. The van der Waals surface area contributed by atoms with Crippen LogP contribution in [0.2, 0.25) is 0 Å². The Morgan fingerprint density at radius 2 is 2.39 bits per heavy atom. The van der Waals surface area contributed by atoms with E-state index >= 15 is 0 Å². The van der Waals surface area contributed by atoms with Crippen molar-refractivity contribution in [3.8, 4) is 0 Å². The number of anilines is 2. The molecule has 0 fully saturated rings. The van der Waals surface area contributed by atoms with Crippen LogP contribution in [0.5, 0.6) is 0 Å². The zero-order chi connectivity index (χ0) is 13.0. The molecule has 18 heavy (non-hydrogen) atoms. The number of carbonyl (C=O) groups excluding carboxylic acids is 1. The summed E-state index contributed by atoms with van der Waals surface area (Å²) < 4.78 is 5.82. The number of thiazole rings is 1. The number of fused-ring (bicyclic) bond motifs is 1. The zero-order valence-corrected chi connectivity index (χ0v) is 10.4. The van der Waals surface area contributed by atoms with Crippen molar-refractivity contribution in [2.24, 2.45) is 0 Å².